The number of carbonyl (C=O) groups excluding carboxylic acids is 2. The van der Waals surface area contributed by atoms with Crippen LogP contribution in [-0.4, -0.2) is 37.9 Å². The first kappa shape index (κ1) is 54.8. The fourth-order valence-corrected chi connectivity index (χ4v) is 6.14. The van der Waals surface area contributed by atoms with E-state index in [1.165, 1.54) is 44.9 Å². The van der Waals surface area contributed by atoms with Gasteiger partial charge in [-0.3, -0.25) is 9.59 Å². The van der Waals surface area contributed by atoms with E-state index in [9.17, 15) is 9.59 Å². The molecule has 0 heterocycles. The Labute approximate surface area is 358 Å². The van der Waals surface area contributed by atoms with Crippen LogP contribution in [0, 0.1) is 0 Å². The van der Waals surface area contributed by atoms with Crippen LogP contribution in [0.15, 0.2) is 97.2 Å². The van der Waals surface area contributed by atoms with Crippen molar-refractivity contribution in [1.82, 2.24) is 0 Å². The summed E-state index contributed by atoms with van der Waals surface area (Å²) in [5.74, 6) is -0.443. The van der Waals surface area contributed by atoms with Crippen molar-refractivity contribution >= 4 is 11.9 Å². The fraction of sp³-hybridized carbons (Fsp3) is 0.660. The van der Waals surface area contributed by atoms with Gasteiger partial charge in [0.25, 0.3) is 0 Å². The van der Waals surface area contributed by atoms with Crippen molar-refractivity contribution in [2.24, 2.45) is 0 Å². The molecule has 0 radical (unpaired) electrons. The van der Waals surface area contributed by atoms with Gasteiger partial charge in [-0.15, -0.1) is 0 Å². The summed E-state index contributed by atoms with van der Waals surface area (Å²) in [5.41, 5.74) is 0. The minimum atomic E-state index is -0.560. The molecule has 0 aromatic carbocycles. The van der Waals surface area contributed by atoms with Gasteiger partial charge in [0, 0.05) is 19.4 Å². The van der Waals surface area contributed by atoms with Crippen LogP contribution in [0.3, 0.4) is 0 Å². The predicted octanol–water partition coefficient (Wildman–Crippen LogP) is 15.9. The van der Waals surface area contributed by atoms with E-state index in [2.05, 4.69) is 118 Å². The lowest BCUT2D eigenvalue weighted by molar-refractivity contribution is -0.163. The lowest BCUT2D eigenvalue weighted by Gasteiger charge is -2.18. The standard InChI is InChI=1S/C53H88O5/c1-4-7-10-13-16-18-20-22-24-26-27-28-29-31-33-35-38-40-43-46-52(54)57-50-51(58-53(55)47-44-41-37-15-12-9-6-3)49-56-48-45-42-39-36-34-32-30-25-23-21-19-17-14-11-8-5-2/h7-8,10-11,16-19,22-25,27-28,32,34,51H,4-6,9,12-15,20-21,26,29-31,33,35-50H2,1-3H3/b10-7-,11-8-,18-16-,19-17-,24-22-,25-23-,28-27-,34-32-. The monoisotopic (exact) mass is 805 g/mol. The number of hydrogen-bond acceptors (Lipinski definition) is 5. The SMILES string of the molecule is CC/C=C\C/C=C\C/C=C\C/C=C\CCCCCCCCC(=O)OCC(COCCCCC/C=C\C/C=C\C/C=C\C/C=C\CC)OC(=O)CCCCCCCCC. The molecule has 0 aromatic rings. The van der Waals surface area contributed by atoms with Crippen molar-refractivity contribution in [3.63, 3.8) is 0 Å². The Bertz CT molecular complexity index is 1140. The molecule has 1 unspecified atom stereocenters. The molecule has 0 aliphatic carbocycles. The number of hydrogen-bond donors (Lipinski definition) is 0. The highest BCUT2D eigenvalue weighted by Crippen LogP contribution is 2.12. The van der Waals surface area contributed by atoms with Gasteiger partial charge in [0.05, 0.1) is 6.61 Å². The molecule has 0 aliphatic heterocycles. The largest absolute Gasteiger partial charge is 0.462 e. The molecule has 5 heteroatoms. The maximum absolute atomic E-state index is 12.6. The Morgan fingerprint density at radius 1 is 0.397 bits per heavy atom. The topological polar surface area (TPSA) is 61.8 Å². The smallest absolute Gasteiger partial charge is 0.306 e. The predicted molar refractivity (Wildman–Crippen MR) is 251 cm³/mol. The summed E-state index contributed by atoms with van der Waals surface area (Å²) >= 11 is 0. The summed E-state index contributed by atoms with van der Waals surface area (Å²) < 4.78 is 17.2. The summed E-state index contributed by atoms with van der Waals surface area (Å²) in [6.45, 7) is 7.46. The van der Waals surface area contributed by atoms with Crippen LogP contribution in [0.4, 0.5) is 0 Å². The molecule has 330 valence electrons. The fourth-order valence-electron chi connectivity index (χ4n) is 6.14. The summed E-state index contributed by atoms with van der Waals surface area (Å²) in [4.78, 5) is 25.2. The molecule has 0 aliphatic rings. The highest BCUT2D eigenvalue weighted by molar-refractivity contribution is 5.70. The van der Waals surface area contributed by atoms with Gasteiger partial charge in [0.15, 0.2) is 6.10 Å². The Balaban J connectivity index is 4.23. The third-order valence-corrected chi connectivity index (χ3v) is 9.62. The molecule has 1 atom stereocenters. The van der Waals surface area contributed by atoms with Crippen molar-refractivity contribution in [1.29, 1.82) is 0 Å². The molecule has 0 bridgehead atoms. The number of rotatable bonds is 42. The van der Waals surface area contributed by atoms with Crippen LogP contribution in [0.25, 0.3) is 0 Å². The van der Waals surface area contributed by atoms with E-state index < -0.39 is 6.10 Å². The van der Waals surface area contributed by atoms with Crippen LogP contribution in [-0.2, 0) is 23.8 Å². The lowest BCUT2D eigenvalue weighted by Crippen LogP contribution is -2.30. The zero-order valence-corrected chi connectivity index (χ0v) is 37.8. The van der Waals surface area contributed by atoms with Gasteiger partial charge < -0.3 is 14.2 Å². The van der Waals surface area contributed by atoms with Gasteiger partial charge in [-0.05, 0) is 96.3 Å². The zero-order chi connectivity index (χ0) is 42.1. The van der Waals surface area contributed by atoms with Gasteiger partial charge in [-0.1, -0.05) is 189 Å². The maximum atomic E-state index is 12.6. The molecular weight excluding hydrogens is 717 g/mol. The molecule has 0 saturated carbocycles. The summed E-state index contributed by atoms with van der Waals surface area (Å²) in [5, 5.41) is 0. The van der Waals surface area contributed by atoms with Gasteiger partial charge in [0.1, 0.15) is 6.61 Å². The third-order valence-electron chi connectivity index (χ3n) is 9.62. The molecule has 0 rings (SSSR count). The van der Waals surface area contributed by atoms with Crippen molar-refractivity contribution in [3.8, 4) is 0 Å². The quantitative estimate of drug-likeness (QED) is 0.0349. The van der Waals surface area contributed by atoms with Crippen LogP contribution >= 0.6 is 0 Å². The van der Waals surface area contributed by atoms with Crippen LogP contribution in [0.5, 0.6) is 0 Å². The Kier molecular flexibility index (Phi) is 45.5. The highest BCUT2D eigenvalue weighted by Gasteiger charge is 2.17. The van der Waals surface area contributed by atoms with Crippen molar-refractivity contribution in [3.05, 3.63) is 97.2 Å². The number of unbranched alkanes of at least 4 members (excludes halogenated alkanes) is 15. The van der Waals surface area contributed by atoms with E-state index >= 15 is 0 Å². The normalized spacial score (nSPS) is 13.1. The van der Waals surface area contributed by atoms with E-state index in [0.29, 0.717) is 19.4 Å². The van der Waals surface area contributed by atoms with Crippen molar-refractivity contribution in [2.75, 3.05) is 19.8 Å². The molecular formula is C53H88O5. The number of allylic oxidation sites excluding steroid dienone is 16. The van der Waals surface area contributed by atoms with E-state index in [0.717, 1.165) is 122 Å². The average Bonchev–Trinajstić information content (AvgIpc) is 3.22. The number of ether oxygens (including phenoxy) is 3. The summed E-state index contributed by atoms with van der Waals surface area (Å²) in [6.07, 6.45) is 64.2. The first-order chi connectivity index (χ1) is 28.6. The minimum Gasteiger partial charge on any atom is -0.462 e. The van der Waals surface area contributed by atoms with Crippen LogP contribution < -0.4 is 0 Å². The first-order valence-electron chi connectivity index (χ1n) is 23.8. The zero-order valence-electron chi connectivity index (χ0n) is 37.8. The molecule has 5 nitrogen and oxygen atoms in total. The van der Waals surface area contributed by atoms with Crippen LogP contribution in [0.2, 0.25) is 0 Å². The van der Waals surface area contributed by atoms with Gasteiger partial charge in [-0.25, -0.2) is 0 Å². The van der Waals surface area contributed by atoms with E-state index in [-0.39, 0.29) is 25.2 Å². The van der Waals surface area contributed by atoms with E-state index in [4.69, 9.17) is 14.2 Å². The number of esters is 2. The highest BCUT2D eigenvalue weighted by atomic mass is 16.6. The molecule has 0 aromatic heterocycles. The first-order valence-corrected chi connectivity index (χ1v) is 23.8. The summed E-state index contributed by atoms with van der Waals surface area (Å²) in [6, 6.07) is 0. The second kappa shape index (κ2) is 48.2. The van der Waals surface area contributed by atoms with Gasteiger partial charge >= 0.3 is 11.9 Å². The Morgan fingerprint density at radius 3 is 1.24 bits per heavy atom. The van der Waals surface area contributed by atoms with Gasteiger partial charge in [0.2, 0.25) is 0 Å². The lowest BCUT2D eigenvalue weighted by atomic mass is 10.1. The van der Waals surface area contributed by atoms with E-state index in [1.807, 2.05) is 0 Å². The molecule has 0 saturated heterocycles. The van der Waals surface area contributed by atoms with Crippen molar-refractivity contribution in [2.45, 2.75) is 207 Å². The number of carbonyl (C=O) groups is 2. The molecule has 0 amide bonds. The molecule has 0 N–H and O–H groups in total. The molecule has 58 heavy (non-hydrogen) atoms. The van der Waals surface area contributed by atoms with E-state index in [1.54, 1.807) is 0 Å². The van der Waals surface area contributed by atoms with Gasteiger partial charge in [-0.2, -0.15) is 0 Å². The molecule has 0 spiro atoms. The second-order valence-corrected chi connectivity index (χ2v) is 15.3. The van der Waals surface area contributed by atoms with Crippen LogP contribution in [0.1, 0.15) is 201 Å². The Morgan fingerprint density at radius 2 is 0.776 bits per heavy atom. The Hall–Kier alpha value is -3.18. The minimum absolute atomic E-state index is 0.0602. The second-order valence-electron chi connectivity index (χ2n) is 15.3. The maximum Gasteiger partial charge on any atom is 0.306 e. The summed E-state index contributed by atoms with van der Waals surface area (Å²) in [7, 11) is 0. The average molecular weight is 805 g/mol. The molecule has 0 fully saturated rings. The van der Waals surface area contributed by atoms with Crippen molar-refractivity contribution < 1.29 is 23.8 Å². The third kappa shape index (κ3) is 45.5.